The summed E-state index contributed by atoms with van der Waals surface area (Å²) < 4.78 is 0. The quantitative estimate of drug-likeness (QED) is 0.734. The number of carbonyl (C=O) groups is 1. The first-order valence-corrected chi connectivity index (χ1v) is 7.53. The molecule has 4 unspecified atom stereocenters. The van der Waals surface area contributed by atoms with Gasteiger partial charge in [0.2, 0.25) is 5.91 Å². The smallest absolute Gasteiger partial charge is 0.229 e. The second kappa shape index (κ2) is 3.87. The van der Waals surface area contributed by atoms with Crippen LogP contribution in [-0.2, 0) is 9.63 Å². The van der Waals surface area contributed by atoms with E-state index in [0.29, 0.717) is 0 Å². The van der Waals surface area contributed by atoms with E-state index in [1.807, 2.05) is 33.8 Å². The van der Waals surface area contributed by atoms with Gasteiger partial charge in [-0.2, -0.15) is 0 Å². The van der Waals surface area contributed by atoms with Crippen LogP contribution in [0.25, 0.3) is 0 Å². The predicted molar refractivity (Wildman–Crippen MR) is 79.7 cm³/mol. The first-order valence-electron chi connectivity index (χ1n) is 7.53. The summed E-state index contributed by atoms with van der Waals surface area (Å²) in [4.78, 5) is 20.7. The molecule has 3 heterocycles. The average Bonchev–Trinajstić information content (AvgIpc) is 3.05. The van der Waals surface area contributed by atoms with Gasteiger partial charge in [-0.3, -0.25) is 4.79 Å². The summed E-state index contributed by atoms with van der Waals surface area (Å²) >= 11 is 0. The Morgan fingerprint density at radius 3 is 2.43 bits per heavy atom. The number of rotatable bonds is 0. The summed E-state index contributed by atoms with van der Waals surface area (Å²) in [7, 11) is 0. The fraction of sp³-hybridized carbons (Fsp3) is 0.529. The standard InChI is InChI=1S/C17H20N2O2/c1-9-12-13-10-7-5-6-8-11(10)14(15(12)21-18-9)19(13)16(20)17(2,3)4/h5-8,12-15H,1-4H3. The molecule has 110 valence electrons. The van der Waals surface area contributed by atoms with Crippen LogP contribution in [0.4, 0.5) is 0 Å². The normalized spacial score (nSPS) is 32.6. The van der Waals surface area contributed by atoms with Crippen LogP contribution >= 0.6 is 0 Å². The molecule has 3 aliphatic heterocycles. The molecule has 0 aliphatic carbocycles. The molecule has 1 aromatic rings. The molecule has 21 heavy (non-hydrogen) atoms. The van der Waals surface area contributed by atoms with Crippen molar-refractivity contribution in [3.05, 3.63) is 35.4 Å². The van der Waals surface area contributed by atoms with Gasteiger partial charge in [-0.25, -0.2) is 0 Å². The third-order valence-electron chi connectivity index (χ3n) is 4.91. The maximum absolute atomic E-state index is 13.0. The van der Waals surface area contributed by atoms with Crippen molar-refractivity contribution >= 4 is 11.6 Å². The Bertz CT molecular complexity index is 659. The lowest BCUT2D eigenvalue weighted by Gasteiger charge is -2.30. The van der Waals surface area contributed by atoms with Crippen molar-refractivity contribution in [3.63, 3.8) is 0 Å². The Morgan fingerprint density at radius 1 is 1.19 bits per heavy atom. The van der Waals surface area contributed by atoms with Gasteiger partial charge in [0.15, 0.2) is 6.10 Å². The third kappa shape index (κ3) is 1.50. The van der Waals surface area contributed by atoms with Crippen molar-refractivity contribution in [2.75, 3.05) is 0 Å². The molecule has 1 saturated heterocycles. The highest BCUT2D eigenvalue weighted by atomic mass is 16.6. The lowest BCUT2D eigenvalue weighted by molar-refractivity contribution is -0.143. The van der Waals surface area contributed by atoms with Crippen LogP contribution < -0.4 is 0 Å². The third-order valence-corrected chi connectivity index (χ3v) is 4.91. The maximum Gasteiger partial charge on any atom is 0.229 e. The first-order chi connectivity index (χ1) is 9.91. The number of oxime groups is 1. The van der Waals surface area contributed by atoms with Crippen molar-refractivity contribution in [2.24, 2.45) is 16.5 Å². The maximum atomic E-state index is 13.0. The molecule has 4 nitrogen and oxygen atoms in total. The highest BCUT2D eigenvalue weighted by Gasteiger charge is 2.62. The zero-order valence-electron chi connectivity index (χ0n) is 12.8. The van der Waals surface area contributed by atoms with Crippen LogP contribution in [0.15, 0.2) is 29.4 Å². The number of nitrogens with zero attached hydrogens (tertiary/aromatic N) is 2. The van der Waals surface area contributed by atoms with Gasteiger partial charge in [0.05, 0.1) is 23.7 Å². The number of amides is 1. The van der Waals surface area contributed by atoms with Crippen molar-refractivity contribution in [2.45, 2.75) is 45.9 Å². The lowest BCUT2D eigenvalue weighted by atomic mass is 9.80. The van der Waals surface area contributed by atoms with Gasteiger partial charge >= 0.3 is 0 Å². The number of hydrogen-bond acceptors (Lipinski definition) is 3. The Kier molecular flexibility index (Phi) is 2.37. The number of carbonyl (C=O) groups excluding carboxylic acids is 1. The summed E-state index contributed by atoms with van der Waals surface area (Å²) in [6, 6.07) is 8.44. The minimum Gasteiger partial charge on any atom is -0.389 e. The van der Waals surface area contributed by atoms with Crippen molar-refractivity contribution in [1.29, 1.82) is 0 Å². The van der Waals surface area contributed by atoms with Crippen LogP contribution in [0, 0.1) is 11.3 Å². The molecule has 4 heteroatoms. The van der Waals surface area contributed by atoms with E-state index in [1.165, 1.54) is 11.1 Å². The van der Waals surface area contributed by atoms with Gasteiger partial charge in [-0.1, -0.05) is 50.2 Å². The average molecular weight is 284 g/mol. The highest BCUT2D eigenvalue weighted by Crippen LogP contribution is 2.59. The summed E-state index contributed by atoms with van der Waals surface area (Å²) in [5.41, 5.74) is 3.11. The Hall–Kier alpha value is -1.84. The van der Waals surface area contributed by atoms with E-state index in [-0.39, 0.29) is 35.4 Å². The molecule has 4 atom stereocenters. The zero-order valence-corrected chi connectivity index (χ0v) is 12.8. The fourth-order valence-corrected chi connectivity index (χ4v) is 4.03. The molecule has 0 aromatic heterocycles. The van der Waals surface area contributed by atoms with Gasteiger partial charge in [0, 0.05) is 5.41 Å². The minimum atomic E-state index is -0.387. The molecular weight excluding hydrogens is 264 g/mol. The molecule has 3 aliphatic rings. The topological polar surface area (TPSA) is 41.9 Å². The second-order valence-corrected chi connectivity index (χ2v) is 7.31. The monoisotopic (exact) mass is 284 g/mol. The molecular formula is C17H20N2O2. The molecule has 0 saturated carbocycles. The van der Waals surface area contributed by atoms with Gasteiger partial charge in [-0.15, -0.1) is 0 Å². The summed E-state index contributed by atoms with van der Waals surface area (Å²) in [6.45, 7) is 7.95. The number of benzene rings is 1. The van der Waals surface area contributed by atoms with E-state index in [1.54, 1.807) is 0 Å². The first kappa shape index (κ1) is 12.9. The van der Waals surface area contributed by atoms with Crippen molar-refractivity contribution < 1.29 is 9.63 Å². The molecule has 0 N–H and O–H groups in total. The Labute approximate surface area is 124 Å². The van der Waals surface area contributed by atoms with Crippen molar-refractivity contribution in [3.8, 4) is 0 Å². The van der Waals surface area contributed by atoms with Crippen LogP contribution in [0.2, 0.25) is 0 Å². The number of fused-ring (bicyclic) bond motifs is 8. The molecule has 1 fully saturated rings. The molecule has 2 bridgehead atoms. The van der Waals surface area contributed by atoms with Gasteiger partial charge in [0.1, 0.15) is 0 Å². The van der Waals surface area contributed by atoms with Gasteiger partial charge in [0.25, 0.3) is 0 Å². The summed E-state index contributed by atoms with van der Waals surface area (Å²) in [5.74, 6) is 0.399. The molecule has 0 radical (unpaired) electrons. The summed E-state index contributed by atoms with van der Waals surface area (Å²) in [6.07, 6.45) is -0.0174. The van der Waals surface area contributed by atoms with E-state index >= 15 is 0 Å². The molecule has 0 spiro atoms. The van der Waals surface area contributed by atoms with Gasteiger partial charge in [-0.05, 0) is 18.1 Å². The highest BCUT2D eigenvalue weighted by molar-refractivity contribution is 5.91. The van der Waals surface area contributed by atoms with Gasteiger partial charge < -0.3 is 9.74 Å². The van der Waals surface area contributed by atoms with E-state index < -0.39 is 0 Å². The van der Waals surface area contributed by atoms with Crippen LogP contribution in [-0.4, -0.2) is 22.6 Å². The van der Waals surface area contributed by atoms with E-state index in [4.69, 9.17) is 4.84 Å². The summed E-state index contributed by atoms with van der Waals surface area (Å²) in [5, 5.41) is 4.18. The molecule has 1 aromatic carbocycles. The molecule has 1 amide bonds. The Morgan fingerprint density at radius 2 is 1.81 bits per heavy atom. The van der Waals surface area contributed by atoms with Crippen LogP contribution in [0.1, 0.15) is 50.9 Å². The van der Waals surface area contributed by atoms with Crippen LogP contribution in [0.5, 0.6) is 0 Å². The zero-order chi connectivity index (χ0) is 14.9. The SMILES string of the molecule is CC1=NOC2C1C1c3ccccc3C2N1C(=O)C(C)(C)C. The lowest BCUT2D eigenvalue weighted by Crippen LogP contribution is -2.39. The number of hydrogen-bond donors (Lipinski definition) is 0. The minimum absolute atomic E-state index is 0.00382. The second-order valence-electron chi connectivity index (χ2n) is 7.31. The molecule has 4 rings (SSSR count). The largest absolute Gasteiger partial charge is 0.389 e. The van der Waals surface area contributed by atoms with E-state index in [0.717, 1.165) is 5.71 Å². The van der Waals surface area contributed by atoms with E-state index in [9.17, 15) is 4.79 Å². The Balaban J connectivity index is 1.86. The fourth-order valence-electron chi connectivity index (χ4n) is 4.03. The predicted octanol–water partition coefficient (Wildman–Crippen LogP) is 3.06. The van der Waals surface area contributed by atoms with Crippen molar-refractivity contribution in [1.82, 2.24) is 4.90 Å². The van der Waals surface area contributed by atoms with E-state index in [2.05, 4.69) is 28.3 Å². The van der Waals surface area contributed by atoms with Crippen LogP contribution in [0.3, 0.4) is 0 Å².